The van der Waals surface area contributed by atoms with E-state index in [1.54, 1.807) is 13.8 Å². The number of hydrogen-bond acceptors (Lipinski definition) is 5. The highest BCUT2D eigenvalue weighted by molar-refractivity contribution is 7.75. The van der Waals surface area contributed by atoms with Gasteiger partial charge in [-0.1, -0.05) is 41.5 Å². The minimum atomic E-state index is -1.21. The molecule has 0 bridgehead atoms. The quantitative estimate of drug-likeness (QED) is 0.402. The monoisotopic (exact) mass is 338 g/mol. The average molecular weight is 339 g/mol. The molecule has 1 unspecified atom stereocenters. The van der Waals surface area contributed by atoms with Gasteiger partial charge in [0.15, 0.2) is 0 Å². The Morgan fingerprint density at radius 2 is 1.68 bits per heavy atom. The highest BCUT2D eigenvalue weighted by atomic mass is 32.1. The van der Waals surface area contributed by atoms with E-state index in [1.165, 1.54) is 0 Å². The van der Waals surface area contributed by atoms with Gasteiger partial charge < -0.3 is 19.9 Å². The predicted octanol–water partition coefficient (Wildman–Crippen LogP) is 1.93. The van der Waals surface area contributed by atoms with Crippen LogP contribution in [0.2, 0.25) is 0 Å². The normalized spacial score (nSPS) is 11.1. The summed E-state index contributed by atoms with van der Waals surface area (Å²) in [5.74, 6) is -0.653. The summed E-state index contributed by atoms with van der Waals surface area (Å²) in [5, 5.41) is 14.9. The first-order chi connectivity index (χ1) is 10.3. The maximum Gasteiger partial charge on any atom is 0.249 e. The molecule has 0 saturated carbocycles. The van der Waals surface area contributed by atoms with Gasteiger partial charge in [0.25, 0.3) is 0 Å². The Labute approximate surface area is 141 Å². The van der Waals surface area contributed by atoms with Gasteiger partial charge in [0.2, 0.25) is 11.8 Å². The first kappa shape index (κ1) is 26.1. The molecule has 0 aromatic heterocycles. The molecular formula is C15H34N2O4S. The molecule has 1 atom stereocenters. The van der Waals surface area contributed by atoms with Gasteiger partial charge in [-0.25, -0.2) is 0 Å². The number of hydrogen-bond donors (Lipinski definition) is 4. The van der Waals surface area contributed by atoms with Crippen LogP contribution in [0.3, 0.4) is 0 Å². The van der Waals surface area contributed by atoms with Crippen molar-refractivity contribution >= 4 is 24.7 Å². The summed E-state index contributed by atoms with van der Waals surface area (Å²) in [6.07, 6.45) is -1.02. The summed E-state index contributed by atoms with van der Waals surface area (Å²) in [7, 11) is 0. The molecule has 0 rings (SSSR count). The van der Waals surface area contributed by atoms with Crippen LogP contribution >= 0.6 is 12.9 Å². The van der Waals surface area contributed by atoms with E-state index in [0.29, 0.717) is 6.54 Å². The van der Waals surface area contributed by atoms with Crippen LogP contribution in [0.15, 0.2) is 0 Å². The van der Waals surface area contributed by atoms with Crippen molar-refractivity contribution in [1.82, 2.24) is 10.6 Å². The van der Waals surface area contributed by atoms with E-state index in [2.05, 4.69) is 27.7 Å². The Bertz CT molecular complexity index is 287. The molecule has 0 aromatic carbocycles. The maximum absolute atomic E-state index is 11.6. The van der Waals surface area contributed by atoms with E-state index in [4.69, 9.17) is 0 Å². The topological polar surface area (TPSA) is 87.7 Å². The van der Waals surface area contributed by atoms with Crippen LogP contribution < -0.4 is 10.6 Å². The first-order valence-electron chi connectivity index (χ1n) is 7.84. The molecule has 0 heterocycles. The van der Waals surface area contributed by atoms with Crippen LogP contribution in [-0.2, 0) is 13.8 Å². The second-order valence-corrected chi connectivity index (χ2v) is 4.92. The van der Waals surface area contributed by atoms with Gasteiger partial charge in [0.05, 0.1) is 6.61 Å². The summed E-state index contributed by atoms with van der Waals surface area (Å²) in [6.45, 7) is 14.1. The summed E-state index contributed by atoms with van der Waals surface area (Å²) >= 11 is 3.60. The van der Waals surface area contributed by atoms with E-state index >= 15 is 0 Å². The zero-order valence-electron chi connectivity index (χ0n) is 15.0. The molecular weight excluding hydrogens is 304 g/mol. The molecule has 0 radical (unpaired) electrons. The summed E-state index contributed by atoms with van der Waals surface area (Å²) in [6, 6.07) is 0. The molecule has 0 aliphatic carbocycles. The number of carbonyl (C=O) groups excluding carboxylic acids is 2. The Kier molecular flexibility index (Phi) is 19.7. The largest absolute Gasteiger partial charge is 0.383 e. The third-order valence-electron chi connectivity index (χ3n) is 2.45. The summed E-state index contributed by atoms with van der Waals surface area (Å²) < 4.78 is 4.64. The van der Waals surface area contributed by atoms with Crippen molar-refractivity contribution in [2.24, 2.45) is 5.41 Å². The number of carbonyl (C=O) groups is 2. The van der Waals surface area contributed by atoms with Gasteiger partial charge in [0.1, 0.15) is 6.10 Å². The first-order valence-corrected chi connectivity index (χ1v) is 8.20. The molecule has 0 aliphatic rings. The van der Waals surface area contributed by atoms with Crippen molar-refractivity contribution in [2.75, 3.05) is 19.7 Å². The Morgan fingerprint density at radius 3 is 2.09 bits per heavy atom. The number of nitrogens with one attached hydrogen (secondary N) is 2. The molecule has 0 aromatic rings. The van der Waals surface area contributed by atoms with Crippen molar-refractivity contribution in [3.05, 3.63) is 0 Å². The summed E-state index contributed by atoms with van der Waals surface area (Å²) in [4.78, 5) is 22.8. The van der Waals surface area contributed by atoms with Crippen molar-refractivity contribution in [1.29, 1.82) is 0 Å². The van der Waals surface area contributed by atoms with Crippen LogP contribution in [0.5, 0.6) is 0 Å². The molecule has 22 heavy (non-hydrogen) atoms. The van der Waals surface area contributed by atoms with E-state index in [9.17, 15) is 14.7 Å². The van der Waals surface area contributed by atoms with E-state index < -0.39 is 17.4 Å². The SMILES string of the molecule is CC.CC.CCNC(=O)CCNC(=O)C(O)C(C)(C)COS. The standard InChI is InChI=1S/C11H22N2O4S.2C2H6/c1-4-12-8(14)5-6-13-10(16)9(15)11(2,3)7-17-18;2*1-2/h9,15,18H,4-7H2,1-3H3,(H,12,14)(H,13,16);2*1-2H3. The zero-order valence-corrected chi connectivity index (χ0v) is 15.9. The van der Waals surface area contributed by atoms with Crippen LogP contribution in [0.25, 0.3) is 0 Å². The minimum absolute atomic E-state index is 0.134. The number of rotatable bonds is 8. The van der Waals surface area contributed by atoms with Crippen molar-refractivity contribution in [2.45, 2.75) is 61.0 Å². The van der Waals surface area contributed by atoms with Crippen LogP contribution in [0.1, 0.15) is 54.9 Å². The predicted molar refractivity (Wildman–Crippen MR) is 93.7 cm³/mol. The van der Waals surface area contributed by atoms with Crippen molar-refractivity contribution in [3.63, 3.8) is 0 Å². The summed E-state index contributed by atoms with van der Waals surface area (Å²) in [5.41, 5.74) is -0.739. The number of aliphatic hydroxyl groups excluding tert-OH is 1. The number of thiol groups is 1. The van der Waals surface area contributed by atoms with E-state index in [-0.39, 0.29) is 25.5 Å². The highest BCUT2D eigenvalue weighted by Gasteiger charge is 2.33. The fraction of sp³-hybridized carbons (Fsp3) is 0.867. The molecule has 2 amide bonds. The van der Waals surface area contributed by atoms with Gasteiger partial charge in [-0.05, 0) is 19.8 Å². The fourth-order valence-corrected chi connectivity index (χ4v) is 1.61. The molecule has 0 aliphatic heterocycles. The van der Waals surface area contributed by atoms with Crippen LogP contribution in [0.4, 0.5) is 0 Å². The molecule has 3 N–H and O–H groups in total. The third kappa shape index (κ3) is 12.9. The van der Waals surface area contributed by atoms with Gasteiger partial charge in [-0.2, -0.15) is 0 Å². The fourth-order valence-electron chi connectivity index (χ4n) is 1.28. The average Bonchev–Trinajstić information content (AvgIpc) is 2.50. The van der Waals surface area contributed by atoms with Gasteiger partial charge in [-0.15, -0.1) is 0 Å². The van der Waals surface area contributed by atoms with Gasteiger partial charge in [0, 0.05) is 24.9 Å². The third-order valence-corrected chi connectivity index (χ3v) is 2.58. The Morgan fingerprint density at radius 1 is 1.18 bits per heavy atom. The Hall–Kier alpha value is -0.790. The second-order valence-electron chi connectivity index (χ2n) is 4.66. The van der Waals surface area contributed by atoms with Gasteiger partial charge >= 0.3 is 0 Å². The maximum atomic E-state index is 11.6. The van der Waals surface area contributed by atoms with Crippen molar-refractivity contribution in [3.8, 4) is 0 Å². The van der Waals surface area contributed by atoms with Crippen molar-refractivity contribution < 1.29 is 18.9 Å². The lowest BCUT2D eigenvalue weighted by Gasteiger charge is -2.28. The number of aliphatic hydroxyl groups is 1. The van der Waals surface area contributed by atoms with Crippen LogP contribution in [0, 0.1) is 5.41 Å². The second kappa shape index (κ2) is 16.6. The lowest BCUT2D eigenvalue weighted by molar-refractivity contribution is -0.136. The molecule has 6 nitrogen and oxygen atoms in total. The Balaban J connectivity index is -0.000000826. The minimum Gasteiger partial charge on any atom is -0.383 e. The van der Waals surface area contributed by atoms with Crippen LogP contribution in [-0.4, -0.2) is 42.7 Å². The number of amides is 2. The smallest absolute Gasteiger partial charge is 0.249 e. The highest BCUT2D eigenvalue weighted by Crippen LogP contribution is 2.21. The molecule has 7 heteroatoms. The van der Waals surface area contributed by atoms with Gasteiger partial charge in [-0.3, -0.25) is 9.59 Å². The lowest BCUT2D eigenvalue weighted by atomic mass is 9.87. The lowest BCUT2D eigenvalue weighted by Crippen LogP contribution is -2.46. The van der Waals surface area contributed by atoms with E-state index in [0.717, 1.165) is 0 Å². The molecule has 0 fully saturated rings. The van der Waals surface area contributed by atoms with E-state index in [1.807, 2.05) is 34.6 Å². The zero-order chi connectivity index (χ0) is 18.2. The molecule has 134 valence electrons. The molecule has 0 spiro atoms. The molecule has 0 saturated heterocycles.